The molecule has 0 saturated heterocycles. The van der Waals surface area contributed by atoms with Crippen LogP contribution in [0.15, 0.2) is 23.1 Å². The summed E-state index contributed by atoms with van der Waals surface area (Å²) in [5, 5.41) is 17.6. The molecule has 1 aromatic carbocycles. The highest BCUT2D eigenvalue weighted by atomic mass is 32.2. The van der Waals surface area contributed by atoms with Crippen molar-refractivity contribution in [3.63, 3.8) is 0 Å². The third-order valence-electron chi connectivity index (χ3n) is 2.34. The summed E-state index contributed by atoms with van der Waals surface area (Å²) < 4.78 is 30.8. The summed E-state index contributed by atoms with van der Waals surface area (Å²) >= 11 is 0. The first-order valence-corrected chi connectivity index (χ1v) is 6.92. The molecule has 0 unspecified atom stereocenters. The highest BCUT2D eigenvalue weighted by Gasteiger charge is 2.18. The summed E-state index contributed by atoms with van der Waals surface area (Å²) in [5.74, 6) is -1.19. The first-order chi connectivity index (χ1) is 8.92. The number of hydrogen-bond donors (Lipinski definition) is 3. The Kier molecular flexibility index (Phi) is 5.28. The van der Waals surface area contributed by atoms with Gasteiger partial charge in [-0.05, 0) is 24.6 Å². The number of nitrogens with one attached hydrogen (secondary N) is 1. The van der Waals surface area contributed by atoms with Crippen molar-refractivity contribution >= 4 is 16.0 Å². The second-order valence-electron chi connectivity index (χ2n) is 3.64. The van der Waals surface area contributed by atoms with Crippen LogP contribution in [0.4, 0.5) is 0 Å². The van der Waals surface area contributed by atoms with Gasteiger partial charge in [0.25, 0.3) is 0 Å². The Morgan fingerprint density at radius 3 is 2.63 bits per heavy atom. The molecule has 0 aliphatic carbocycles. The van der Waals surface area contributed by atoms with E-state index in [1.54, 1.807) is 0 Å². The number of carboxylic acid groups (broad SMARTS) is 1. The lowest BCUT2D eigenvalue weighted by Crippen LogP contribution is -2.25. The van der Waals surface area contributed by atoms with Crippen molar-refractivity contribution in [2.24, 2.45) is 0 Å². The molecule has 0 spiro atoms. The van der Waals surface area contributed by atoms with Crippen molar-refractivity contribution < 1.29 is 28.2 Å². The molecule has 0 aliphatic heterocycles. The number of rotatable bonds is 7. The molecule has 0 aliphatic rings. The average Bonchev–Trinajstić information content (AvgIpc) is 2.38. The van der Waals surface area contributed by atoms with Crippen LogP contribution < -0.4 is 9.46 Å². The number of aliphatic hydroxyl groups is 1. The Morgan fingerprint density at radius 1 is 1.42 bits per heavy atom. The molecule has 0 bridgehead atoms. The lowest BCUT2D eigenvalue weighted by molar-refractivity contribution is 0.0693. The summed E-state index contributed by atoms with van der Waals surface area (Å²) in [6.07, 6.45) is 0.279. The summed E-state index contributed by atoms with van der Waals surface area (Å²) in [6, 6.07) is 3.57. The summed E-state index contributed by atoms with van der Waals surface area (Å²) in [4.78, 5) is 10.8. The van der Waals surface area contributed by atoms with Crippen LogP contribution in [-0.2, 0) is 10.0 Å². The molecule has 0 radical (unpaired) electrons. The largest absolute Gasteiger partial charge is 0.496 e. The zero-order valence-corrected chi connectivity index (χ0v) is 11.1. The fourth-order valence-electron chi connectivity index (χ4n) is 1.39. The molecule has 0 heterocycles. The number of ether oxygens (including phenoxy) is 1. The minimum atomic E-state index is -3.79. The van der Waals surface area contributed by atoms with Gasteiger partial charge in [-0.2, -0.15) is 0 Å². The molecular weight excluding hydrogens is 274 g/mol. The Labute approximate surface area is 110 Å². The molecule has 0 fully saturated rings. The third kappa shape index (κ3) is 3.91. The Bertz CT molecular complexity index is 554. The minimum Gasteiger partial charge on any atom is -0.496 e. The maximum atomic E-state index is 11.9. The topological polar surface area (TPSA) is 113 Å². The van der Waals surface area contributed by atoms with E-state index in [2.05, 4.69) is 4.72 Å². The predicted molar refractivity (Wildman–Crippen MR) is 66.8 cm³/mol. The van der Waals surface area contributed by atoms with Crippen molar-refractivity contribution in [3.05, 3.63) is 23.8 Å². The molecule has 3 N–H and O–H groups in total. The standard InChI is InChI=1S/C11H15NO6S/c1-18-10-4-3-8(7-9(10)11(14)15)19(16,17)12-5-2-6-13/h3-4,7,12-13H,2,5-6H2,1H3,(H,14,15). The molecular formula is C11H15NO6S. The van der Waals surface area contributed by atoms with Crippen LogP contribution in [0.2, 0.25) is 0 Å². The van der Waals surface area contributed by atoms with Crippen LogP contribution >= 0.6 is 0 Å². The van der Waals surface area contributed by atoms with Gasteiger partial charge >= 0.3 is 5.97 Å². The van der Waals surface area contributed by atoms with E-state index in [1.165, 1.54) is 19.2 Å². The fourth-order valence-corrected chi connectivity index (χ4v) is 2.49. The van der Waals surface area contributed by atoms with Crippen LogP contribution in [0.3, 0.4) is 0 Å². The minimum absolute atomic E-state index is 0.0767. The van der Waals surface area contributed by atoms with E-state index in [1.807, 2.05) is 0 Å². The summed E-state index contributed by atoms with van der Waals surface area (Å²) in [5.41, 5.74) is -0.229. The second kappa shape index (κ2) is 6.50. The van der Waals surface area contributed by atoms with Gasteiger partial charge in [-0.25, -0.2) is 17.9 Å². The summed E-state index contributed by atoms with van der Waals surface area (Å²) in [7, 11) is -2.49. The van der Waals surface area contributed by atoms with Gasteiger partial charge in [0.1, 0.15) is 11.3 Å². The molecule has 19 heavy (non-hydrogen) atoms. The first-order valence-electron chi connectivity index (χ1n) is 5.44. The van der Waals surface area contributed by atoms with Crippen molar-refractivity contribution in [3.8, 4) is 5.75 Å². The molecule has 0 amide bonds. The SMILES string of the molecule is COc1ccc(S(=O)(=O)NCCCO)cc1C(=O)O. The normalized spacial score (nSPS) is 11.3. The van der Waals surface area contributed by atoms with Crippen molar-refractivity contribution in [1.82, 2.24) is 4.72 Å². The van der Waals surface area contributed by atoms with E-state index in [0.29, 0.717) is 0 Å². The molecule has 0 saturated carbocycles. The Morgan fingerprint density at radius 2 is 2.11 bits per heavy atom. The molecule has 106 valence electrons. The van der Waals surface area contributed by atoms with Crippen molar-refractivity contribution in [1.29, 1.82) is 0 Å². The Balaban J connectivity index is 3.07. The predicted octanol–water partition coefficient (Wildman–Crippen LogP) is 0.0541. The highest BCUT2D eigenvalue weighted by molar-refractivity contribution is 7.89. The van der Waals surface area contributed by atoms with Gasteiger partial charge in [0.2, 0.25) is 10.0 Å². The van der Waals surface area contributed by atoms with Gasteiger partial charge in [0, 0.05) is 13.2 Å². The maximum absolute atomic E-state index is 11.9. The second-order valence-corrected chi connectivity index (χ2v) is 5.41. The van der Waals surface area contributed by atoms with E-state index in [0.717, 1.165) is 6.07 Å². The highest BCUT2D eigenvalue weighted by Crippen LogP contribution is 2.22. The zero-order valence-electron chi connectivity index (χ0n) is 10.3. The van der Waals surface area contributed by atoms with Crippen molar-refractivity contribution in [2.75, 3.05) is 20.3 Å². The lowest BCUT2D eigenvalue weighted by Gasteiger charge is -2.09. The Hall–Kier alpha value is -1.64. The quantitative estimate of drug-likeness (QED) is 0.611. The number of aliphatic hydroxyl groups excluding tert-OH is 1. The molecule has 1 aromatic rings. The van der Waals surface area contributed by atoms with Crippen LogP contribution in [-0.4, -0.2) is 44.9 Å². The fraction of sp³-hybridized carbons (Fsp3) is 0.364. The number of sulfonamides is 1. The first kappa shape index (κ1) is 15.4. The molecule has 0 atom stereocenters. The molecule has 7 nitrogen and oxygen atoms in total. The number of carboxylic acids is 1. The zero-order chi connectivity index (χ0) is 14.5. The molecule has 8 heteroatoms. The lowest BCUT2D eigenvalue weighted by atomic mass is 10.2. The number of carbonyl (C=O) groups is 1. The van der Waals surface area contributed by atoms with Gasteiger partial charge in [-0.15, -0.1) is 0 Å². The van der Waals surface area contributed by atoms with E-state index < -0.39 is 16.0 Å². The molecule has 0 aromatic heterocycles. The van der Waals surface area contributed by atoms with E-state index in [9.17, 15) is 13.2 Å². The average molecular weight is 289 g/mol. The number of methoxy groups -OCH3 is 1. The maximum Gasteiger partial charge on any atom is 0.339 e. The molecule has 1 rings (SSSR count). The van der Waals surface area contributed by atoms with Gasteiger partial charge in [0.05, 0.1) is 12.0 Å². The third-order valence-corrected chi connectivity index (χ3v) is 3.80. The van der Waals surface area contributed by atoms with Crippen LogP contribution in [0.5, 0.6) is 5.75 Å². The van der Waals surface area contributed by atoms with Gasteiger partial charge in [0.15, 0.2) is 0 Å². The van der Waals surface area contributed by atoms with Crippen molar-refractivity contribution in [2.45, 2.75) is 11.3 Å². The van der Waals surface area contributed by atoms with E-state index >= 15 is 0 Å². The van der Waals surface area contributed by atoms with E-state index in [-0.39, 0.29) is 35.8 Å². The van der Waals surface area contributed by atoms with E-state index in [4.69, 9.17) is 14.9 Å². The van der Waals surface area contributed by atoms with Crippen LogP contribution in [0, 0.1) is 0 Å². The van der Waals surface area contributed by atoms with Gasteiger partial charge in [-0.3, -0.25) is 0 Å². The number of hydrogen-bond acceptors (Lipinski definition) is 5. The van der Waals surface area contributed by atoms with Gasteiger partial charge in [-0.1, -0.05) is 0 Å². The van der Waals surface area contributed by atoms with Crippen LogP contribution in [0.25, 0.3) is 0 Å². The monoisotopic (exact) mass is 289 g/mol. The van der Waals surface area contributed by atoms with Gasteiger partial charge < -0.3 is 14.9 Å². The smallest absolute Gasteiger partial charge is 0.339 e. The number of benzene rings is 1. The summed E-state index contributed by atoms with van der Waals surface area (Å²) in [6.45, 7) is -0.0568. The van der Waals surface area contributed by atoms with Crippen LogP contribution in [0.1, 0.15) is 16.8 Å². The number of aromatic carboxylic acids is 1.